The van der Waals surface area contributed by atoms with Crippen LogP contribution < -0.4 is 15.8 Å². The molecular formula is C25H29N5O4. The van der Waals surface area contributed by atoms with E-state index in [0.717, 1.165) is 16.6 Å². The van der Waals surface area contributed by atoms with E-state index < -0.39 is 12.0 Å². The standard InChI is InChI=1S/C25H29N5O4/c1-17-8-10-19(11-9-17)16-30-21-7-5-4-6-20(21)27-22(23(30)31)28-12-14-29(15-13-28)25(33)26-18(2)24(32)34-3/h4-11,18H,12-16H2,1-3H3,(H,26,33)/t18-/m1/s1. The zero-order valence-corrected chi connectivity index (χ0v) is 19.7. The van der Waals surface area contributed by atoms with Crippen LogP contribution in [0.25, 0.3) is 11.0 Å². The molecule has 2 aromatic carbocycles. The van der Waals surface area contributed by atoms with Crippen molar-refractivity contribution < 1.29 is 14.3 Å². The smallest absolute Gasteiger partial charge is 0.328 e. The van der Waals surface area contributed by atoms with Crippen LogP contribution >= 0.6 is 0 Å². The molecule has 1 atom stereocenters. The lowest BCUT2D eigenvalue weighted by Gasteiger charge is -2.35. The average molecular weight is 464 g/mol. The summed E-state index contributed by atoms with van der Waals surface area (Å²) in [6, 6.07) is 14.7. The quantitative estimate of drug-likeness (QED) is 0.583. The van der Waals surface area contributed by atoms with Gasteiger partial charge >= 0.3 is 12.0 Å². The van der Waals surface area contributed by atoms with Crippen molar-refractivity contribution in [1.82, 2.24) is 19.8 Å². The molecule has 9 heteroatoms. The van der Waals surface area contributed by atoms with Crippen LogP contribution in [0, 0.1) is 6.92 Å². The molecule has 0 saturated carbocycles. The molecule has 2 heterocycles. The Labute approximate surface area is 197 Å². The largest absolute Gasteiger partial charge is 0.467 e. The number of rotatable bonds is 5. The first-order chi connectivity index (χ1) is 16.4. The number of carbonyl (C=O) groups is 2. The molecule has 1 N–H and O–H groups in total. The minimum Gasteiger partial charge on any atom is -0.467 e. The monoisotopic (exact) mass is 463 g/mol. The average Bonchev–Trinajstić information content (AvgIpc) is 2.86. The van der Waals surface area contributed by atoms with Gasteiger partial charge in [-0.05, 0) is 31.5 Å². The number of fused-ring (bicyclic) bond motifs is 1. The molecule has 0 aliphatic carbocycles. The third kappa shape index (κ3) is 4.88. The van der Waals surface area contributed by atoms with Crippen molar-refractivity contribution in [2.45, 2.75) is 26.4 Å². The Balaban J connectivity index is 1.55. The van der Waals surface area contributed by atoms with Gasteiger partial charge in [-0.25, -0.2) is 14.6 Å². The van der Waals surface area contributed by atoms with E-state index in [1.807, 2.05) is 60.4 Å². The van der Waals surface area contributed by atoms with E-state index in [1.165, 1.54) is 12.7 Å². The van der Waals surface area contributed by atoms with Crippen LogP contribution in [-0.4, -0.2) is 65.8 Å². The Morgan fingerprint density at radius 1 is 1.06 bits per heavy atom. The zero-order chi connectivity index (χ0) is 24.2. The van der Waals surface area contributed by atoms with Crippen LogP contribution in [-0.2, 0) is 16.1 Å². The number of urea groups is 1. The highest BCUT2D eigenvalue weighted by atomic mass is 16.5. The molecule has 3 aromatic rings. The van der Waals surface area contributed by atoms with Crippen molar-refractivity contribution in [3.8, 4) is 0 Å². The van der Waals surface area contributed by atoms with Gasteiger partial charge in [-0.1, -0.05) is 42.0 Å². The number of nitrogens with one attached hydrogen (secondary N) is 1. The number of anilines is 1. The number of ether oxygens (including phenoxy) is 1. The Morgan fingerprint density at radius 2 is 1.74 bits per heavy atom. The van der Waals surface area contributed by atoms with Gasteiger partial charge in [0.05, 0.1) is 24.7 Å². The fraction of sp³-hybridized carbons (Fsp3) is 0.360. The van der Waals surface area contributed by atoms with Gasteiger partial charge in [0, 0.05) is 26.2 Å². The maximum atomic E-state index is 13.5. The van der Waals surface area contributed by atoms with E-state index in [1.54, 1.807) is 16.4 Å². The van der Waals surface area contributed by atoms with Crippen LogP contribution in [0.4, 0.5) is 10.6 Å². The van der Waals surface area contributed by atoms with Crippen LogP contribution in [0.15, 0.2) is 53.3 Å². The van der Waals surface area contributed by atoms with Crippen molar-refractivity contribution in [1.29, 1.82) is 0 Å². The zero-order valence-electron chi connectivity index (χ0n) is 19.7. The number of methoxy groups -OCH3 is 1. The molecule has 1 aliphatic rings. The highest BCUT2D eigenvalue weighted by molar-refractivity contribution is 5.83. The molecule has 2 amide bonds. The maximum Gasteiger partial charge on any atom is 0.328 e. The molecule has 0 radical (unpaired) electrons. The number of benzene rings is 2. The Kier molecular flexibility index (Phi) is 6.81. The number of aryl methyl sites for hydroxylation is 1. The highest BCUT2D eigenvalue weighted by Gasteiger charge is 2.26. The first kappa shape index (κ1) is 23.3. The molecule has 1 aliphatic heterocycles. The summed E-state index contributed by atoms with van der Waals surface area (Å²) in [4.78, 5) is 45.9. The lowest BCUT2D eigenvalue weighted by atomic mass is 10.1. The number of aromatic nitrogens is 2. The number of amides is 2. The summed E-state index contributed by atoms with van der Waals surface area (Å²) >= 11 is 0. The fourth-order valence-electron chi connectivity index (χ4n) is 4.05. The van der Waals surface area contributed by atoms with Crippen molar-refractivity contribution in [3.05, 3.63) is 70.0 Å². The normalized spacial score (nSPS) is 14.7. The van der Waals surface area contributed by atoms with E-state index >= 15 is 0 Å². The third-order valence-corrected chi connectivity index (χ3v) is 6.06. The van der Waals surface area contributed by atoms with E-state index in [0.29, 0.717) is 38.5 Å². The van der Waals surface area contributed by atoms with Crippen molar-refractivity contribution in [3.63, 3.8) is 0 Å². The van der Waals surface area contributed by atoms with Crippen LogP contribution in [0.2, 0.25) is 0 Å². The summed E-state index contributed by atoms with van der Waals surface area (Å²) in [6.07, 6.45) is 0. The number of nitrogens with zero attached hydrogens (tertiary/aromatic N) is 4. The Bertz CT molecular complexity index is 1250. The summed E-state index contributed by atoms with van der Waals surface area (Å²) in [7, 11) is 1.28. The van der Waals surface area contributed by atoms with Gasteiger partial charge in [-0.3, -0.25) is 9.36 Å². The second-order valence-corrected chi connectivity index (χ2v) is 8.47. The van der Waals surface area contributed by atoms with E-state index in [4.69, 9.17) is 0 Å². The van der Waals surface area contributed by atoms with Gasteiger partial charge in [-0.2, -0.15) is 0 Å². The molecule has 1 fully saturated rings. The van der Waals surface area contributed by atoms with Gasteiger partial charge in [0.1, 0.15) is 6.04 Å². The molecule has 1 saturated heterocycles. The Morgan fingerprint density at radius 3 is 2.41 bits per heavy atom. The summed E-state index contributed by atoms with van der Waals surface area (Å²) in [5.74, 6) is -0.115. The van der Waals surface area contributed by atoms with Gasteiger partial charge in [0.15, 0.2) is 5.82 Å². The lowest BCUT2D eigenvalue weighted by molar-refractivity contribution is -0.142. The third-order valence-electron chi connectivity index (χ3n) is 6.06. The first-order valence-corrected chi connectivity index (χ1v) is 11.3. The molecule has 9 nitrogen and oxygen atoms in total. The van der Waals surface area contributed by atoms with E-state index in [9.17, 15) is 14.4 Å². The summed E-state index contributed by atoms with van der Waals surface area (Å²) in [5.41, 5.74) is 3.58. The van der Waals surface area contributed by atoms with Crippen molar-refractivity contribution in [2.75, 3.05) is 38.2 Å². The van der Waals surface area contributed by atoms with Crippen LogP contribution in [0.1, 0.15) is 18.1 Å². The number of para-hydroxylation sites is 2. The second-order valence-electron chi connectivity index (χ2n) is 8.47. The van der Waals surface area contributed by atoms with Gasteiger partial charge < -0.3 is 19.9 Å². The predicted molar refractivity (Wildman–Crippen MR) is 130 cm³/mol. The fourth-order valence-corrected chi connectivity index (χ4v) is 4.05. The number of hydrogen-bond donors (Lipinski definition) is 1. The molecular weight excluding hydrogens is 434 g/mol. The molecule has 178 valence electrons. The minimum absolute atomic E-state index is 0.156. The Hall–Kier alpha value is -3.88. The molecule has 34 heavy (non-hydrogen) atoms. The summed E-state index contributed by atoms with van der Waals surface area (Å²) in [5, 5.41) is 2.64. The molecule has 0 unspecified atom stereocenters. The van der Waals surface area contributed by atoms with E-state index in [-0.39, 0.29) is 11.6 Å². The molecule has 0 spiro atoms. The SMILES string of the molecule is COC(=O)[C@@H](C)NC(=O)N1CCN(c2nc3ccccc3n(Cc3ccc(C)cc3)c2=O)CC1. The minimum atomic E-state index is -0.730. The number of hydrogen-bond acceptors (Lipinski definition) is 6. The highest BCUT2D eigenvalue weighted by Crippen LogP contribution is 2.17. The van der Waals surface area contributed by atoms with Crippen LogP contribution in [0.3, 0.4) is 0 Å². The van der Waals surface area contributed by atoms with Crippen LogP contribution in [0.5, 0.6) is 0 Å². The van der Waals surface area contributed by atoms with Gasteiger partial charge in [0.25, 0.3) is 5.56 Å². The number of piperazine rings is 1. The topological polar surface area (TPSA) is 96.8 Å². The van der Waals surface area contributed by atoms with E-state index in [2.05, 4.69) is 15.0 Å². The van der Waals surface area contributed by atoms with Crippen molar-refractivity contribution >= 4 is 28.9 Å². The summed E-state index contributed by atoms with van der Waals surface area (Å²) < 4.78 is 6.42. The first-order valence-electron chi connectivity index (χ1n) is 11.3. The van der Waals surface area contributed by atoms with Gasteiger partial charge in [-0.15, -0.1) is 0 Å². The molecule has 1 aromatic heterocycles. The number of carbonyl (C=O) groups excluding carboxylic acids is 2. The molecule has 0 bridgehead atoms. The summed E-state index contributed by atoms with van der Waals surface area (Å²) in [6.45, 7) is 5.80. The predicted octanol–water partition coefficient (Wildman–Crippen LogP) is 2.15. The number of esters is 1. The van der Waals surface area contributed by atoms with Gasteiger partial charge in [0.2, 0.25) is 0 Å². The molecule has 4 rings (SSSR count). The lowest BCUT2D eigenvalue weighted by Crippen LogP contribution is -2.55. The second kappa shape index (κ2) is 9.94. The van der Waals surface area contributed by atoms with Crippen molar-refractivity contribution in [2.24, 2.45) is 0 Å². The maximum absolute atomic E-state index is 13.5.